The average Bonchev–Trinajstić information content (AvgIpc) is 1.82. The molecule has 0 aliphatic carbocycles. The second-order valence-electron chi connectivity index (χ2n) is 1.96. The monoisotopic (exact) mass is 204 g/mol. The fourth-order valence-electron chi connectivity index (χ4n) is 0.491. The van der Waals surface area contributed by atoms with Crippen LogP contribution in [-0.2, 0) is 14.4 Å². The predicted molar refractivity (Wildman–Crippen MR) is 28.9 cm³/mol. The molecule has 0 spiro atoms. The van der Waals surface area contributed by atoms with Crippen molar-refractivity contribution < 1.29 is 83.7 Å². The van der Waals surface area contributed by atoms with Gasteiger partial charge in [0.1, 0.15) is 5.78 Å². The van der Waals surface area contributed by atoms with Gasteiger partial charge >= 0.3 is 59.1 Å². The van der Waals surface area contributed by atoms with E-state index in [9.17, 15) is 24.6 Å². The van der Waals surface area contributed by atoms with Gasteiger partial charge in [0.05, 0.1) is 0 Å². The summed E-state index contributed by atoms with van der Waals surface area (Å²) in [5.74, 6) is -3.51. The van der Waals surface area contributed by atoms with Crippen molar-refractivity contribution in [1.29, 1.82) is 0 Å². The van der Waals surface area contributed by atoms with Gasteiger partial charge < -0.3 is 19.8 Å². The van der Waals surface area contributed by atoms with Crippen molar-refractivity contribution in [1.82, 2.24) is 0 Å². The molecule has 7 heteroatoms. The van der Waals surface area contributed by atoms with Crippen LogP contribution in [0.5, 0.6) is 0 Å². The Balaban J connectivity index is -0.000000500. The normalized spacial score (nSPS) is 7.69. The summed E-state index contributed by atoms with van der Waals surface area (Å²) in [4.78, 5) is 30.0. The number of carboxylic acids is 2. The Morgan fingerprint density at radius 3 is 1.62 bits per heavy atom. The van der Waals surface area contributed by atoms with E-state index >= 15 is 0 Å². The van der Waals surface area contributed by atoms with Crippen LogP contribution >= 0.6 is 0 Å². The van der Waals surface area contributed by atoms with Gasteiger partial charge in [-0.05, 0) is 6.42 Å². The molecule has 0 saturated carbocycles. The van der Waals surface area contributed by atoms with Gasteiger partial charge in [0.2, 0.25) is 0 Å². The molecule has 0 aliphatic heterocycles. The Bertz CT molecular complexity index is 191. The van der Waals surface area contributed by atoms with Crippen LogP contribution < -0.4 is 69.3 Å². The third-order valence-corrected chi connectivity index (χ3v) is 0.949. The Hall–Kier alpha value is 0.610. The van der Waals surface area contributed by atoms with E-state index in [0.29, 0.717) is 0 Å². The predicted octanol–water partition coefficient (Wildman–Crippen LogP) is -8.77. The average molecular weight is 204 g/mol. The second-order valence-corrected chi connectivity index (χ2v) is 1.96. The maximum atomic E-state index is 10.4. The molecule has 0 aromatic heterocycles. The summed E-state index contributed by atoms with van der Waals surface area (Å²) in [6.45, 7) is 0. The number of Topliss-reactive ketones (excluding diaryl/α,β-unsaturated/α-hetero) is 1. The molecule has 13 heavy (non-hydrogen) atoms. The number of carbonyl (C=O) groups is 3. The topological polar surface area (TPSA) is 97.3 Å². The number of hydrogen-bond donors (Lipinski definition) is 0. The molecular weight excluding hydrogens is 198 g/mol. The van der Waals surface area contributed by atoms with Crippen molar-refractivity contribution in [3.8, 4) is 0 Å². The van der Waals surface area contributed by atoms with Gasteiger partial charge in [0.15, 0.2) is 0 Å². The van der Waals surface area contributed by atoms with Crippen LogP contribution in [0.15, 0.2) is 0 Å². The van der Waals surface area contributed by atoms with Crippen LogP contribution in [0.25, 0.3) is 0 Å². The maximum absolute atomic E-state index is 10.4. The molecule has 0 rings (SSSR count). The molecule has 5 nitrogen and oxygen atoms in total. The van der Waals surface area contributed by atoms with Gasteiger partial charge in [-0.3, -0.25) is 4.79 Å². The Morgan fingerprint density at radius 1 is 0.846 bits per heavy atom. The van der Waals surface area contributed by atoms with E-state index in [2.05, 4.69) is 0 Å². The second kappa shape index (κ2) is 10.7. The van der Waals surface area contributed by atoms with E-state index in [0.717, 1.165) is 0 Å². The SMILES string of the molecule is O=C([O-])CCC(=O)CC(=O)[O-].[Na+].[Na+]. The smallest absolute Gasteiger partial charge is 0.550 e. The van der Waals surface area contributed by atoms with E-state index in [-0.39, 0.29) is 65.5 Å². The number of aliphatic carboxylic acids is 2. The van der Waals surface area contributed by atoms with Gasteiger partial charge in [-0.2, -0.15) is 0 Å². The molecule has 0 saturated heterocycles. The largest absolute Gasteiger partial charge is 1.00 e. The molecule has 0 N–H and O–H groups in total. The van der Waals surface area contributed by atoms with E-state index in [4.69, 9.17) is 0 Å². The zero-order chi connectivity index (χ0) is 8.85. The Labute approximate surface area is 119 Å². The summed E-state index contributed by atoms with van der Waals surface area (Å²) in [6, 6.07) is 0. The van der Waals surface area contributed by atoms with Crippen LogP contribution in [-0.4, -0.2) is 17.7 Å². The first-order chi connectivity index (χ1) is 5.02. The minimum absolute atomic E-state index is 0. The van der Waals surface area contributed by atoms with Crippen molar-refractivity contribution in [3.63, 3.8) is 0 Å². The summed E-state index contributed by atoms with van der Waals surface area (Å²) in [7, 11) is 0. The molecule has 0 fully saturated rings. The van der Waals surface area contributed by atoms with Crippen LogP contribution in [0.1, 0.15) is 19.3 Å². The van der Waals surface area contributed by atoms with Crippen molar-refractivity contribution in [2.45, 2.75) is 19.3 Å². The van der Waals surface area contributed by atoms with E-state index in [1.165, 1.54) is 0 Å². The first-order valence-corrected chi connectivity index (χ1v) is 2.93. The van der Waals surface area contributed by atoms with Crippen molar-refractivity contribution >= 4 is 17.7 Å². The maximum Gasteiger partial charge on any atom is 1.00 e. The van der Waals surface area contributed by atoms with Crippen LogP contribution in [0.3, 0.4) is 0 Å². The standard InChI is InChI=1S/C6H8O5.2Na/c7-4(3-6(10)11)1-2-5(8)9;;/h1-3H2,(H,8,9)(H,10,11);;/q;2*+1/p-2. The number of hydrogen-bond acceptors (Lipinski definition) is 5. The first-order valence-electron chi connectivity index (χ1n) is 2.93. The van der Waals surface area contributed by atoms with Gasteiger partial charge in [-0.25, -0.2) is 0 Å². The first kappa shape index (κ1) is 19.2. The summed E-state index contributed by atoms with van der Waals surface area (Å²) < 4.78 is 0. The molecule has 0 amide bonds. The molecule has 0 atom stereocenters. The molecule has 0 aromatic rings. The fourth-order valence-corrected chi connectivity index (χ4v) is 0.491. The quantitative estimate of drug-likeness (QED) is 0.327. The molecule has 0 radical (unpaired) electrons. The minimum Gasteiger partial charge on any atom is -0.550 e. The van der Waals surface area contributed by atoms with Gasteiger partial charge in [0.25, 0.3) is 0 Å². The number of rotatable bonds is 5. The minimum atomic E-state index is -1.49. The molecular formula is C6H6Na2O5. The summed E-state index contributed by atoms with van der Waals surface area (Å²) in [5.41, 5.74) is 0. The Morgan fingerprint density at radius 2 is 1.31 bits per heavy atom. The molecule has 0 unspecified atom stereocenters. The zero-order valence-electron chi connectivity index (χ0n) is 7.66. The third kappa shape index (κ3) is 15.4. The number of carboxylic acid groups (broad SMARTS) is 2. The molecule has 62 valence electrons. The van der Waals surface area contributed by atoms with E-state index in [1.54, 1.807) is 0 Å². The van der Waals surface area contributed by atoms with Gasteiger partial charge in [-0.15, -0.1) is 0 Å². The van der Waals surface area contributed by atoms with E-state index in [1.807, 2.05) is 0 Å². The third-order valence-electron chi connectivity index (χ3n) is 0.949. The van der Waals surface area contributed by atoms with Crippen LogP contribution in [0.4, 0.5) is 0 Å². The molecule has 0 aromatic carbocycles. The van der Waals surface area contributed by atoms with E-state index < -0.39 is 30.6 Å². The number of ketones is 1. The molecule has 0 heterocycles. The fraction of sp³-hybridized carbons (Fsp3) is 0.500. The molecule has 0 aliphatic rings. The summed E-state index contributed by atoms with van der Waals surface area (Å²) >= 11 is 0. The Kier molecular flexibility index (Phi) is 15.8. The molecule has 0 bridgehead atoms. The summed E-state index contributed by atoms with van der Waals surface area (Å²) in [6.07, 6.45) is -1.48. The zero-order valence-corrected chi connectivity index (χ0v) is 11.7. The van der Waals surface area contributed by atoms with Crippen molar-refractivity contribution in [2.75, 3.05) is 0 Å². The van der Waals surface area contributed by atoms with Crippen LogP contribution in [0.2, 0.25) is 0 Å². The number of carbonyl (C=O) groups excluding carboxylic acids is 3. The van der Waals surface area contributed by atoms with Crippen molar-refractivity contribution in [3.05, 3.63) is 0 Å². The summed E-state index contributed by atoms with van der Waals surface area (Å²) in [5, 5.41) is 19.5. The van der Waals surface area contributed by atoms with Crippen LogP contribution in [0, 0.1) is 0 Å². The van der Waals surface area contributed by atoms with Crippen molar-refractivity contribution in [2.24, 2.45) is 0 Å². The van der Waals surface area contributed by atoms with Gasteiger partial charge in [-0.1, -0.05) is 0 Å². The van der Waals surface area contributed by atoms with Gasteiger partial charge in [0, 0.05) is 24.8 Å².